The van der Waals surface area contributed by atoms with E-state index in [1.807, 2.05) is 6.92 Å². The van der Waals surface area contributed by atoms with Gasteiger partial charge in [0.15, 0.2) is 0 Å². The van der Waals surface area contributed by atoms with Crippen LogP contribution in [0.3, 0.4) is 0 Å². The van der Waals surface area contributed by atoms with Crippen LogP contribution in [-0.2, 0) is 11.2 Å². The molecule has 0 bridgehead atoms. The van der Waals surface area contributed by atoms with Gasteiger partial charge in [-0.15, -0.1) is 11.3 Å². The fourth-order valence-electron chi connectivity index (χ4n) is 2.29. The van der Waals surface area contributed by atoms with Gasteiger partial charge < -0.3 is 9.64 Å². The van der Waals surface area contributed by atoms with Gasteiger partial charge in [-0.3, -0.25) is 0 Å². The summed E-state index contributed by atoms with van der Waals surface area (Å²) in [7, 11) is 0. The third kappa shape index (κ3) is 3.05. The molecule has 0 radical (unpaired) electrons. The van der Waals surface area contributed by atoms with Crippen LogP contribution in [0, 0.1) is 12.7 Å². The van der Waals surface area contributed by atoms with Crippen molar-refractivity contribution >= 4 is 17.4 Å². The monoisotopic (exact) mass is 306 g/mol. The zero-order valence-electron chi connectivity index (χ0n) is 11.6. The van der Waals surface area contributed by atoms with E-state index in [4.69, 9.17) is 4.74 Å². The van der Waals surface area contributed by atoms with E-state index in [0.29, 0.717) is 26.1 Å². The van der Waals surface area contributed by atoms with Crippen molar-refractivity contribution in [3.05, 3.63) is 40.0 Å². The summed E-state index contributed by atoms with van der Waals surface area (Å²) in [6.45, 7) is 3.74. The van der Waals surface area contributed by atoms with E-state index in [0.717, 1.165) is 21.1 Å². The van der Waals surface area contributed by atoms with Crippen molar-refractivity contribution in [3.63, 3.8) is 0 Å². The zero-order valence-corrected chi connectivity index (χ0v) is 12.5. The molecule has 3 rings (SSSR count). The van der Waals surface area contributed by atoms with Crippen LogP contribution in [0.2, 0.25) is 0 Å². The van der Waals surface area contributed by atoms with Crippen LogP contribution in [0.25, 0.3) is 11.3 Å². The third-order valence-corrected chi connectivity index (χ3v) is 4.43. The van der Waals surface area contributed by atoms with Gasteiger partial charge in [-0.05, 0) is 31.2 Å². The fourth-order valence-corrected chi connectivity index (χ4v) is 3.24. The Morgan fingerprint density at radius 3 is 2.81 bits per heavy atom. The van der Waals surface area contributed by atoms with E-state index in [1.54, 1.807) is 28.4 Å². The molecule has 110 valence electrons. The summed E-state index contributed by atoms with van der Waals surface area (Å²) in [5, 5.41) is 0.978. The van der Waals surface area contributed by atoms with E-state index < -0.39 is 0 Å². The topological polar surface area (TPSA) is 42.4 Å². The lowest BCUT2D eigenvalue weighted by Gasteiger charge is -2.10. The summed E-state index contributed by atoms with van der Waals surface area (Å²) in [6.07, 6.45) is 0.462. The van der Waals surface area contributed by atoms with Gasteiger partial charge in [0.1, 0.15) is 12.4 Å². The molecule has 6 heteroatoms. The maximum absolute atomic E-state index is 13.0. The molecule has 1 aliphatic rings. The number of amides is 1. The molecule has 0 N–H and O–H groups in total. The van der Waals surface area contributed by atoms with E-state index in [1.165, 1.54) is 12.1 Å². The highest BCUT2D eigenvalue weighted by Gasteiger charge is 2.22. The Balaban J connectivity index is 1.72. The number of aryl methyl sites for hydroxylation is 1. The highest BCUT2D eigenvalue weighted by atomic mass is 32.1. The van der Waals surface area contributed by atoms with Crippen molar-refractivity contribution in [1.29, 1.82) is 0 Å². The number of hydrogen-bond acceptors (Lipinski definition) is 4. The molecule has 1 aromatic heterocycles. The number of nitrogens with zero attached hydrogens (tertiary/aromatic N) is 2. The smallest absolute Gasteiger partial charge is 0.409 e. The lowest BCUT2D eigenvalue weighted by molar-refractivity contribution is 0.159. The lowest BCUT2D eigenvalue weighted by atomic mass is 10.1. The second-order valence-corrected chi connectivity index (χ2v) is 6.16. The SMILES string of the molecule is Cc1sc(CCN2CCOC2=O)nc1-c1ccc(F)cc1. The second-order valence-electron chi connectivity index (χ2n) is 4.87. The van der Waals surface area contributed by atoms with Gasteiger partial charge in [0.25, 0.3) is 0 Å². The summed E-state index contributed by atoms with van der Waals surface area (Å²) in [5.41, 5.74) is 1.80. The zero-order chi connectivity index (χ0) is 14.8. The number of carbonyl (C=O) groups is 1. The second kappa shape index (κ2) is 5.81. The third-order valence-electron chi connectivity index (χ3n) is 3.40. The summed E-state index contributed by atoms with van der Waals surface area (Å²) < 4.78 is 17.9. The molecule has 0 unspecified atom stereocenters. The van der Waals surface area contributed by atoms with Crippen LogP contribution in [0.4, 0.5) is 9.18 Å². The average Bonchev–Trinajstić information content (AvgIpc) is 3.04. The van der Waals surface area contributed by atoms with Crippen molar-refractivity contribution in [2.45, 2.75) is 13.3 Å². The first-order valence-electron chi connectivity index (χ1n) is 6.77. The Bertz CT molecular complexity index is 654. The molecular formula is C15H15FN2O2S. The van der Waals surface area contributed by atoms with Crippen LogP contribution in [-0.4, -0.2) is 35.7 Å². The number of benzene rings is 1. The Hall–Kier alpha value is -1.95. The normalized spacial score (nSPS) is 14.6. The van der Waals surface area contributed by atoms with E-state index in [2.05, 4.69) is 4.98 Å². The first-order valence-corrected chi connectivity index (χ1v) is 7.59. The fraction of sp³-hybridized carbons (Fsp3) is 0.333. The first kappa shape index (κ1) is 14.0. The molecule has 1 aromatic carbocycles. The molecule has 1 aliphatic heterocycles. The number of thiazole rings is 1. The average molecular weight is 306 g/mol. The number of rotatable bonds is 4. The number of carbonyl (C=O) groups excluding carboxylic acids is 1. The number of cyclic esters (lactones) is 1. The van der Waals surface area contributed by atoms with Gasteiger partial charge in [0.2, 0.25) is 0 Å². The first-order chi connectivity index (χ1) is 10.1. The van der Waals surface area contributed by atoms with Gasteiger partial charge in [-0.1, -0.05) is 0 Å². The molecular weight excluding hydrogens is 291 g/mol. The number of aromatic nitrogens is 1. The molecule has 0 spiro atoms. The van der Waals surface area contributed by atoms with Crippen LogP contribution in [0.15, 0.2) is 24.3 Å². The van der Waals surface area contributed by atoms with E-state index in [-0.39, 0.29) is 11.9 Å². The molecule has 1 amide bonds. The summed E-state index contributed by atoms with van der Waals surface area (Å²) in [6, 6.07) is 6.35. The molecule has 0 saturated carbocycles. The van der Waals surface area contributed by atoms with Gasteiger partial charge >= 0.3 is 6.09 Å². The lowest BCUT2D eigenvalue weighted by Crippen LogP contribution is -2.26. The largest absolute Gasteiger partial charge is 0.448 e. The van der Waals surface area contributed by atoms with Crippen molar-refractivity contribution in [1.82, 2.24) is 9.88 Å². The Labute approximate surface area is 126 Å². The predicted molar refractivity (Wildman–Crippen MR) is 78.9 cm³/mol. The molecule has 1 fully saturated rings. The molecule has 2 heterocycles. The van der Waals surface area contributed by atoms with Crippen molar-refractivity contribution in [3.8, 4) is 11.3 Å². The summed E-state index contributed by atoms with van der Waals surface area (Å²) >= 11 is 1.61. The van der Waals surface area contributed by atoms with E-state index in [9.17, 15) is 9.18 Å². The maximum atomic E-state index is 13.0. The predicted octanol–water partition coefficient (Wildman–Crippen LogP) is 3.25. The summed E-state index contributed by atoms with van der Waals surface area (Å²) in [5.74, 6) is -0.251. The standard InChI is InChI=1S/C15H15FN2O2S/c1-10-14(11-2-4-12(16)5-3-11)17-13(21-10)6-7-18-8-9-20-15(18)19/h2-5H,6-9H2,1H3. The van der Waals surface area contributed by atoms with Crippen LogP contribution >= 0.6 is 11.3 Å². The van der Waals surface area contributed by atoms with Gasteiger partial charge in [-0.2, -0.15) is 0 Å². The highest BCUT2D eigenvalue weighted by Crippen LogP contribution is 2.28. The van der Waals surface area contributed by atoms with Crippen molar-refractivity contribution in [2.24, 2.45) is 0 Å². The van der Waals surface area contributed by atoms with Gasteiger partial charge in [-0.25, -0.2) is 14.2 Å². The van der Waals surface area contributed by atoms with Crippen molar-refractivity contribution < 1.29 is 13.9 Å². The van der Waals surface area contributed by atoms with Crippen molar-refractivity contribution in [2.75, 3.05) is 19.7 Å². The van der Waals surface area contributed by atoms with Crippen LogP contribution < -0.4 is 0 Å². The maximum Gasteiger partial charge on any atom is 0.409 e. The molecule has 21 heavy (non-hydrogen) atoms. The minimum absolute atomic E-state index is 0.248. The molecule has 4 nitrogen and oxygen atoms in total. The van der Waals surface area contributed by atoms with Gasteiger partial charge in [0, 0.05) is 23.4 Å². The Morgan fingerprint density at radius 1 is 1.38 bits per heavy atom. The molecule has 0 aliphatic carbocycles. The van der Waals surface area contributed by atoms with Crippen LogP contribution in [0.1, 0.15) is 9.88 Å². The van der Waals surface area contributed by atoms with Crippen LogP contribution in [0.5, 0.6) is 0 Å². The minimum Gasteiger partial charge on any atom is -0.448 e. The number of hydrogen-bond donors (Lipinski definition) is 0. The van der Waals surface area contributed by atoms with E-state index >= 15 is 0 Å². The Morgan fingerprint density at radius 2 is 2.14 bits per heavy atom. The Kier molecular flexibility index (Phi) is 3.88. The molecule has 0 atom stereocenters. The number of ether oxygens (including phenoxy) is 1. The summed E-state index contributed by atoms with van der Waals surface area (Å²) in [4.78, 5) is 18.8. The molecule has 2 aromatic rings. The quantitative estimate of drug-likeness (QED) is 0.871. The number of halogens is 1. The molecule has 1 saturated heterocycles. The highest BCUT2D eigenvalue weighted by molar-refractivity contribution is 7.12. The van der Waals surface area contributed by atoms with Gasteiger partial charge in [0.05, 0.1) is 17.2 Å². The minimum atomic E-state index is -0.251.